The lowest BCUT2D eigenvalue weighted by Crippen LogP contribution is -2.52. The monoisotopic (exact) mass is 426 g/mol. The molecule has 2 aromatic carbocycles. The fraction of sp³-hybridized carbons (Fsp3) is 0.417. The van der Waals surface area contributed by atoms with Crippen LogP contribution in [0.3, 0.4) is 0 Å². The lowest BCUT2D eigenvalue weighted by Gasteiger charge is -2.34. The van der Waals surface area contributed by atoms with E-state index in [1.807, 2.05) is 44.2 Å². The summed E-state index contributed by atoms with van der Waals surface area (Å²) in [6.45, 7) is 6.05. The number of carbonyl (C=O) groups is 2. The summed E-state index contributed by atoms with van der Waals surface area (Å²) in [6, 6.07) is 11.3. The Labute approximate surface area is 183 Å². The number of hydrogen-bond acceptors (Lipinski definition) is 5. The van der Waals surface area contributed by atoms with E-state index in [4.69, 9.17) is 14.2 Å². The number of amides is 2. The van der Waals surface area contributed by atoms with Gasteiger partial charge < -0.3 is 24.0 Å². The number of rotatable bonds is 7. The van der Waals surface area contributed by atoms with E-state index in [1.165, 1.54) is 0 Å². The van der Waals surface area contributed by atoms with Crippen molar-refractivity contribution >= 4 is 11.8 Å². The number of hydrogen-bond donors (Lipinski definition) is 0. The molecule has 0 saturated carbocycles. The average Bonchev–Trinajstić information content (AvgIpc) is 2.79. The van der Waals surface area contributed by atoms with Gasteiger partial charge >= 0.3 is 0 Å². The van der Waals surface area contributed by atoms with E-state index < -0.39 is 0 Å². The second kappa shape index (κ2) is 10.2. The largest absolute Gasteiger partial charge is 0.493 e. The van der Waals surface area contributed by atoms with Crippen LogP contribution < -0.4 is 14.2 Å². The van der Waals surface area contributed by atoms with Gasteiger partial charge in [-0.05, 0) is 48.7 Å². The van der Waals surface area contributed by atoms with Gasteiger partial charge in [-0.3, -0.25) is 9.59 Å². The van der Waals surface area contributed by atoms with E-state index in [1.54, 1.807) is 30.1 Å². The van der Waals surface area contributed by atoms with Crippen molar-refractivity contribution in [2.24, 2.45) is 0 Å². The molecule has 1 fully saturated rings. The summed E-state index contributed by atoms with van der Waals surface area (Å²) in [7, 11) is 3.15. The maximum absolute atomic E-state index is 12.7. The van der Waals surface area contributed by atoms with E-state index in [2.05, 4.69) is 0 Å². The summed E-state index contributed by atoms with van der Waals surface area (Å²) in [4.78, 5) is 28.8. The van der Waals surface area contributed by atoms with Gasteiger partial charge in [0.05, 0.1) is 20.6 Å². The van der Waals surface area contributed by atoms with Crippen LogP contribution in [0.4, 0.5) is 0 Å². The Bertz CT molecular complexity index is 936. The summed E-state index contributed by atoms with van der Waals surface area (Å²) in [5.41, 5.74) is 3.04. The SMILES string of the molecule is COc1ccc(CC(=O)N2CCN(C(=O)COc3cccc(C)c3C)CC2)cc1OC. The van der Waals surface area contributed by atoms with Gasteiger partial charge in [0, 0.05) is 26.2 Å². The first-order valence-electron chi connectivity index (χ1n) is 10.4. The lowest BCUT2D eigenvalue weighted by atomic mass is 10.1. The molecule has 2 aromatic rings. The first-order chi connectivity index (χ1) is 14.9. The minimum atomic E-state index is -0.0621. The van der Waals surface area contributed by atoms with Crippen molar-refractivity contribution < 1.29 is 23.8 Å². The molecule has 7 heteroatoms. The molecule has 7 nitrogen and oxygen atoms in total. The third-order valence-corrected chi connectivity index (χ3v) is 5.69. The molecule has 166 valence electrons. The number of benzene rings is 2. The smallest absolute Gasteiger partial charge is 0.260 e. The predicted octanol–water partition coefficient (Wildman–Crippen LogP) is 2.61. The Kier molecular flexibility index (Phi) is 7.39. The maximum atomic E-state index is 12.7. The Hall–Kier alpha value is -3.22. The average molecular weight is 427 g/mol. The summed E-state index contributed by atoms with van der Waals surface area (Å²) in [5, 5.41) is 0. The van der Waals surface area contributed by atoms with Crippen molar-refractivity contribution in [1.29, 1.82) is 0 Å². The van der Waals surface area contributed by atoms with Crippen molar-refractivity contribution in [3.8, 4) is 17.2 Å². The molecule has 1 heterocycles. The van der Waals surface area contributed by atoms with E-state index in [9.17, 15) is 9.59 Å². The highest BCUT2D eigenvalue weighted by atomic mass is 16.5. The van der Waals surface area contributed by atoms with E-state index in [0.29, 0.717) is 37.7 Å². The Morgan fingerprint density at radius 3 is 2.13 bits per heavy atom. The molecule has 0 aliphatic carbocycles. The Balaban J connectivity index is 1.49. The lowest BCUT2D eigenvalue weighted by molar-refractivity contribution is -0.140. The third kappa shape index (κ3) is 5.48. The second-order valence-electron chi connectivity index (χ2n) is 7.61. The number of methoxy groups -OCH3 is 2. The minimum absolute atomic E-state index is 0.00385. The molecule has 0 bridgehead atoms. The topological polar surface area (TPSA) is 68.3 Å². The minimum Gasteiger partial charge on any atom is -0.493 e. The van der Waals surface area contributed by atoms with Gasteiger partial charge in [0.15, 0.2) is 18.1 Å². The van der Waals surface area contributed by atoms with Gasteiger partial charge in [-0.15, -0.1) is 0 Å². The van der Waals surface area contributed by atoms with Crippen LogP contribution in [-0.4, -0.2) is 68.6 Å². The Morgan fingerprint density at radius 1 is 0.839 bits per heavy atom. The number of ether oxygens (including phenoxy) is 3. The van der Waals surface area contributed by atoms with Gasteiger partial charge in [-0.1, -0.05) is 18.2 Å². The molecule has 0 unspecified atom stereocenters. The molecule has 1 saturated heterocycles. The van der Waals surface area contributed by atoms with Crippen molar-refractivity contribution in [3.05, 3.63) is 53.1 Å². The van der Waals surface area contributed by atoms with Crippen LogP contribution in [-0.2, 0) is 16.0 Å². The molecule has 3 rings (SSSR count). The standard InChI is InChI=1S/C24H30N2O5/c1-17-6-5-7-20(18(17)2)31-16-24(28)26-12-10-25(11-13-26)23(27)15-19-8-9-21(29-3)22(14-19)30-4/h5-9,14H,10-13,15-16H2,1-4H3. The summed E-state index contributed by atoms with van der Waals surface area (Å²) in [5.74, 6) is 1.94. The zero-order valence-corrected chi connectivity index (χ0v) is 18.6. The molecule has 0 N–H and O–H groups in total. The third-order valence-electron chi connectivity index (χ3n) is 5.69. The summed E-state index contributed by atoms with van der Waals surface area (Å²) < 4.78 is 16.3. The quantitative estimate of drug-likeness (QED) is 0.681. The van der Waals surface area contributed by atoms with Crippen LogP contribution >= 0.6 is 0 Å². The van der Waals surface area contributed by atoms with Crippen LogP contribution in [0.25, 0.3) is 0 Å². The van der Waals surface area contributed by atoms with Gasteiger partial charge in [0.25, 0.3) is 5.91 Å². The van der Waals surface area contributed by atoms with Crippen LogP contribution in [0.15, 0.2) is 36.4 Å². The number of nitrogens with zero attached hydrogens (tertiary/aromatic N) is 2. The molecule has 31 heavy (non-hydrogen) atoms. The predicted molar refractivity (Wildman–Crippen MR) is 118 cm³/mol. The fourth-order valence-corrected chi connectivity index (χ4v) is 3.59. The maximum Gasteiger partial charge on any atom is 0.260 e. The summed E-state index contributed by atoms with van der Waals surface area (Å²) >= 11 is 0. The molecule has 0 aromatic heterocycles. The highest BCUT2D eigenvalue weighted by Crippen LogP contribution is 2.28. The molecule has 0 radical (unpaired) electrons. The first-order valence-corrected chi connectivity index (χ1v) is 10.4. The number of piperazine rings is 1. The second-order valence-corrected chi connectivity index (χ2v) is 7.61. The van der Waals surface area contributed by atoms with Crippen molar-refractivity contribution in [2.45, 2.75) is 20.3 Å². The van der Waals surface area contributed by atoms with Gasteiger partial charge in [0.1, 0.15) is 5.75 Å². The molecular weight excluding hydrogens is 396 g/mol. The van der Waals surface area contributed by atoms with Crippen molar-refractivity contribution in [3.63, 3.8) is 0 Å². The molecule has 0 spiro atoms. The van der Waals surface area contributed by atoms with Gasteiger partial charge in [-0.25, -0.2) is 0 Å². The fourth-order valence-electron chi connectivity index (χ4n) is 3.59. The molecule has 2 amide bonds. The van der Waals surface area contributed by atoms with Crippen LogP contribution in [0.1, 0.15) is 16.7 Å². The molecule has 1 aliphatic heterocycles. The van der Waals surface area contributed by atoms with E-state index >= 15 is 0 Å². The normalized spacial score (nSPS) is 13.7. The number of carbonyl (C=O) groups excluding carboxylic acids is 2. The van der Waals surface area contributed by atoms with Crippen molar-refractivity contribution in [1.82, 2.24) is 9.80 Å². The number of aryl methyl sites for hydroxylation is 1. The van der Waals surface area contributed by atoms with Crippen molar-refractivity contribution in [2.75, 3.05) is 47.0 Å². The first kappa shape index (κ1) is 22.5. The van der Waals surface area contributed by atoms with E-state index in [-0.39, 0.29) is 24.8 Å². The van der Waals surface area contributed by atoms with Gasteiger partial charge in [-0.2, -0.15) is 0 Å². The molecular formula is C24H30N2O5. The zero-order valence-electron chi connectivity index (χ0n) is 18.6. The highest BCUT2D eigenvalue weighted by molar-refractivity contribution is 5.80. The van der Waals surface area contributed by atoms with Crippen LogP contribution in [0.2, 0.25) is 0 Å². The highest BCUT2D eigenvalue weighted by Gasteiger charge is 2.24. The van der Waals surface area contributed by atoms with Crippen LogP contribution in [0.5, 0.6) is 17.2 Å². The molecule has 1 aliphatic rings. The summed E-state index contributed by atoms with van der Waals surface area (Å²) in [6.07, 6.45) is 0.282. The van der Waals surface area contributed by atoms with Gasteiger partial charge in [0.2, 0.25) is 5.91 Å². The van der Waals surface area contributed by atoms with E-state index in [0.717, 1.165) is 22.4 Å². The van der Waals surface area contributed by atoms with Crippen LogP contribution in [0, 0.1) is 13.8 Å². The Morgan fingerprint density at radius 2 is 1.48 bits per heavy atom. The molecule has 0 atom stereocenters. The zero-order chi connectivity index (χ0) is 22.4.